The number of rotatable bonds is 7. The summed E-state index contributed by atoms with van der Waals surface area (Å²) in [6, 6.07) is -0.514. The maximum atomic E-state index is 12.6. The van der Waals surface area contributed by atoms with Crippen molar-refractivity contribution in [2.75, 3.05) is 18.6 Å². The van der Waals surface area contributed by atoms with E-state index in [0.29, 0.717) is 11.8 Å². The first kappa shape index (κ1) is 15.7. The van der Waals surface area contributed by atoms with Gasteiger partial charge >= 0.3 is 0 Å². The van der Waals surface area contributed by atoms with Gasteiger partial charge in [0.25, 0.3) is 0 Å². The summed E-state index contributed by atoms with van der Waals surface area (Å²) in [7, 11) is 0. The summed E-state index contributed by atoms with van der Waals surface area (Å²) in [5.41, 5.74) is 0. The maximum absolute atomic E-state index is 12.6. The minimum absolute atomic E-state index is 0.0712. The summed E-state index contributed by atoms with van der Waals surface area (Å²) in [6.45, 7) is 4.90. The topological polar surface area (TPSA) is 49.4 Å². The van der Waals surface area contributed by atoms with E-state index in [1.807, 2.05) is 4.90 Å². The standard InChI is InChI=1S/C15H26N2O2S/c1-10(2)9-12-15(19)17(7-4-8-20-3)13(11-5-6-11)14(18)16-12/h10-13H,4-9H2,1-3H3,(H,16,18). The Bertz CT molecular complexity index is 369. The fraction of sp³-hybridized carbons (Fsp3) is 0.867. The van der Waals surface area contributed by atoms with E-state index >= 15 is 0 Å². The van der Waals surface area contributed by atoms with Crippen molar-refractivity contribution in [2.24, 2.45) is 11.8 Å². The second-order valence-corrected chi connectivity index (χ2v) is 7.34. The van der Waals surface area contributed by atoms with Gasteiger partial charge in [-0.2, -0.15) is 11.8 Å². The lowest BCUT2D eigenvalue weighted by Crippen LogP contribution is -2.64. The molecule has 1 heterocycles. The van der Waals surface area contributed by atoms with Crippen LogP contribution in [0.5, 0.6) is 0 Å². The van der Waals surface area contributed by atoms with E-state index in [9.17, 15) is 9.59 Å². The Morgan fingerprint density at radius 2 is 2.05 bits per heavy atom. The number of carbonyl (C=O) groups excluding carboxylic acids is 2. The number of amides is 2. The lowest BCUT2D eigenvalue weighted by Gasteiger charge is -2.39. The molecule has 1 saturated heterocycles. The lowest BCUT2D eigenvalue weighted by molar-refractivity contribution is -0.150. The molecular weight excluding hydrogens is 272 g/mol. The number of hydrogen-bond acceptors (Lipinski definition) is 3. The smallest absolute Gasteiger partial charge is 0.245 e. The summed E-state index contributed by atoms with van der Waals surface area (Å²) < 4.78 is 0. The molecule has 0 spiro atoms. The number of carbonyl (C=O) groups is 2. The van der Waals surface area contributed by atoms with Gasteiger partial charge in [0, 0.05) is 6.54 Å². The van der Waals surface area contributed by atoms with Crippen LogP contribution in [0.3, 0.4) is 0 Å². The maximum Gasteiger partial charge on any atom is 0.245 e. The molecule has 114 valence electrons. The SMILES string of the molecule is CSCCCN1C(=O)C(CC(C)C)NC(=O)C1C1CC1. The molecule has 2 atom stereocenters. The normalized spacial score (nSPS) is 27.1. The third kappa shape index (κ3) is 3.68. The van der Waals surface area contributed by atoms with E-state index in [1.165, 1.54) is 0 Å². The molecule has 5 heteroatoms. The largest absolute Gasteiger partial charge is 0.342 e. The molecule has 2 amide bonds. The Morgan fingerprint density at radius 1 is 1.35 bits per heavy atom. The van der Waals surface area contributed by atoms with Crippen LogP contribution in [0.2, 0.25) is 0 Å². The van der Waals surface area contributed by atoms with Gasteiger partial charge in [-0.05, 0) is 49.5 Å². The van der Waals surface area contributed by atoms with Gasteiger partial charge < -0.3 is 10.2 Å². The summed E-state index contributed by atoms with van der Waals surface area (Å²) in [6.07, 6.45) is 5.95. The van der Waals surface area contributed by atoms with Crippen LogP contribution in [0.4, 0.5) is 0 Å². The third-order valence-corrected chi connectivity index (χ3v) is 4.72. The second-order valence-electron chi connectivity index (χ2n) is 6.35. The summed E-state index contributed by atoms with van der Waals surface area (Å²) >= 11 is 1.79. The number of thioether (sulfide) groups is 1. The average Bonchev–Trinajstić information content (AvgIpc) is 3.18. The highest BCUT2D eigenvalue weighted by atomic mass is 32.2. The molecular formula is C15H26N2O2S. The molecule has 0 aromatic rings. The summed E-state index contributed by atoms with van der Waals surface area (Å²) in [4.78, 5) is 26.9. The molecule has 1 aliphatic heterocycles. The van der Waals surface area contributed by atoms with Gasteiger partial charge in [-0.1, -0.05) is 13.8 Å². The number of nitrogens with zero attached hydrogens (tertiary/aromatic N) is 1. The van der Waals surface area contributed by atoms with E-state index in [-0.39, 0.29) is 23.9 Å². The quantitative estimate of drug-likeness (QED) is 0.730. The van der Waals surface area contributed by atoms with E-state index in [2.05, 4.69) is 25.4 Å². The Kier molecular flexibility index (Phi) is 5.35. The van der Waals surface area contributed by atoms with Gasteiger partial charge in [-0.3, -0.25) is 9.59 Å². The van der Waals surface area contributed by atoms with E-state index in [4.69, 9.17) is 0 Å². The first-order chi connectivity index (χ1) is 9.54. The highest BCUT2D eigenvalue weighted by molar-refractivity contribution is 7.98. The summed E-state index contributed by atoms with van der Waals surface area (Å²) in [5, 5.41) is 2.95. The number of hydrogen-bond donors (Lipinski definition) is 1. The van der Waals surface area contributed by atoms with Crippen LogP contribution >= 0.6 is 11.8 Å². The van der Waals surface area contributed by atoms with Crippen LogP contribution in [0.25, 0.3) is 0 Å². The number of nitrogens with one attached hydrogen (secondary N) is 1. The van der Waals surface area contributed by atoms with Crippen molar-refractivity contribution in [3.8, 4) is 0 Å². The second kappa shape index (κ2) is 6.83. The minimum atomic E-state index is -0.313. The van der Waals surface area contributed by atoms with Crippen molar-refractivity contribution < 1.29 is 9.59 Å². The molecule has 0 bridgehead atoms. The molecule has 0 aromatic heterocycles. The average molecular weight is 298 g/mol. The van der Waals surface area contributed by atoms with Gasteiger partial charge in [0.05, 0.1) is 0 Å². The predicted octanol–water partition coefficient (Wildman–Crippen LogP) is 1.89. The molecule has 20 heavy (non-hydrogen) atoms. The van der Waals surface area contributed by atoms with E-state index in [1.54, 1.807) is 11.8 Å². The van der Waals surface area contributed by atoms with Crippen molar-refractivity contribution in [3.05, 3.63) is 0 Å². The van der Waals surface area contributed by atoms with Crippen molar-refractivity contribution in [3.63, 3.8) is 0 Å². The first-order valence-corrected chi connectivity index (χ1v) is 9.03. The zero-order valence-corrected chi connectivity index (χ0v) is 13.5. The van der Waals surface area contributed by atoms with Gasteiger partial charge in [-0.25, -0.2) is 0 Å². The Hall–Kier alpha value is -0.710. The highest BCUT2D eigenvalue weighted by Gasteiger charge is 2.47. The molecule has 2 fully saturated rings. The Balaban J connectivity index is 2.06. The van der Waals surface area contributed by atoms with Crippen LogP contribution < -0.4 is 5.32 Å². The lowest BCUT2D eigenvalue weighted by atomic mass is 9.96. The monoisotopic (exact) mass is 298 g/mol. The first-order valence-electron chi connectivity index (χ1n) is 7.64. The summed E-state index contributed by atoms with van der Waals surface area (Å²) in [5.74, 6) is 2.05. The molecule has 2 aliphatic rings. The van der Waals surface area contributed by atoms with Crippen LogP contribution in [0.15, 0.2) is 0 Å². The molecule has 1 aliphatic carbocycles. The zero-order chi connectivity index (χ0) is 14.7. The van der Waals surface area contributed by atoms with Crippen molar-refractivity contribution in [1.82, 2.24) is 10.2 Å². The van der Waals surface area contributed by atoms with Gasteiger partial charge in [0.15, 0.2) is 0 Å². The van der Waals surface area contributed by atoms with Gasteiger partial charge in [-0.15, -0.1) is 0 Å². The third-order valence-electron chi connectivity index (χ3n) is 4.03. The molecule has 0 radical (unpaired) electrons. The van der Waals surface area contributed by atoms with Crippen molar-refractivity contribution in [2.45, 2.75) is 51.6 Å². The minimum Gasteiger partial charge on any atom is -0.342 e. The Labute approximate surface area is 126 Å². The van der Waals surface area contributed by atoms with Gasteiger partial charge in [0.1, 0.15) is 12.1 Å². The zero-order valence-electron chi connectivity index (χ0n) is 12.7. The van der Waals surface area contributed by atoms with Crippen molar-refractivity contribution in [1.29, 1.82) is 0 Å². The van der Waals surface area contributed by atoms with Gasteiger partial charge in [0.2, 0.25) is 11.8 Å². The van der Waals surface area contributed by atoms with Crippen LogP contribution in [0, 0.1) is 11.8 Å². The van der Waals surface area contributed by atoms with Crippen molar-refractivity contribution >= 4 is 23.6 Å². The highest BCUT2D eigenvalue weighted by Crippen LogP contribution is 2.37. The molecule has 0 aromatic carbocycles. The molecule has 1 saturated carbocycles. The molecule has 2 rings (SSSR count). The van der Waals surface area contributed by atoms with E-state index in [0.717, 1.165) is 38.0 Å². The molecule has 1 N–H and O–H groups in total. The fourth-order valence-electron chi connectivity index (χ4n) is 2.94. The van der Waals surface area contributed by atoms with Crippen LogP contribution in [-0.4, -0.2) is 47.4 Å². The Morgan fingerprint density at radius 3 is 2.60 bits per heavy atom. The molecule has 2 unspecified atom stereocenters. The van der Waals surface area contributed by atoms with Crippen LogP contribution in [0.1, 0.15) is 39.5 Å². The number of piperazine rings is 1. The van der Waals surface area contributed by atoms with Crippen LogP contribution in [-0.2, 0) is 9.59 Å². The molecule has 4 nitrogen and oxygen atoms in total. The predicted molar refractivity (Wildman–Crippen MR) is 82.6 cm³/mol. The fourth-order valence-corrected chi connectivity index (χ4v) is 3.36. The van der Waals surface area contributed by atoms with E-state index < -0.39 is 0 Å².